The lowest BCUT2D eigenvalue weighted by atomic mass is 9.76. The molecule has 2 atom stereocenters. The largest absolute Gasteiger partial charge is 0.299 e. The molecule has 2 aliphatic rings. The second-order valence-corrected chi connectivity index (χ2v) is 4.01. The number of carbonyl (C=O) groups is 1. The van der Waals surface area contributed by atoms with Gasteiger partial charge in [0, 0.05) is 12.3 Å². The molecule has 2 aliphatic carbocycles. The van der Waals surface area contributed by atoms with Crippen LogP contribution < -0.4 is 0 Å². The molecule has 0 aromatic carbocycles. The first-order valence-electron chi connectivity index (χ1n) is 4.90. The fourth-order valence-corrected chi connectivity index (χ4v) is 2.70. The third kappa shape index (κ3) is 1.33. The molecule has 11 heavy (non-hydrogen) atoms. The highest BCUT2D eigenvalue weighted by molar-refractivity contribution is 5.82. The maximum atomic E-state index is 11.4. The average Bonchev–Trinajstić information content (AvgIpc) is 2.06. The van der Waals surface area contributed by atoms with Gasteiger partial charge in [-0.2, -0.15) is 0 Å². The minimum absolute atomic E-state index is 0.484. The van der Waals surface area contributed by atoms with Crippen molar-refractivity contribution >= 4 is 5.78 Å². The lowest BCUT2D eigenvalue weighted by Gasteiger charge is -2.33. The molecule has 0 radical (unpaired) electrons. The quantitative estimate of drug-likeness (QED) is 0.489. The van der Waals surface area contributed by atoms with Crippen LogP contribution in [0.25, 0.3) is 0 Å². The van der Waals surface area contributed by atoms with E-state index in [0.29, 0.717) is 11.7 Å². The van der Waals surface area contributed by atoms with Gasteiger partial charge in [-0.05, 0) is 31.6 Å². The van der Waals surface area contributed by atoms with Gasteiger partial charge in [-0.3, -0.25) is 4.79 Å². The Bertz CT molecular complexity index is 160. The first-order valence-corrected chi connectivity index (χ1v) is 4.90. The zero-order chi connectivity index (χ0) is 7.68. The van der Waals surface area contributed by atoms with Gasteiger partial charge in [0.25, 0.3) is 0 Å². The third-order valence-electron chi connectivity index (χ3n) is 3.32. The van der Waals surface area contributed by atoms with Gasteiger partial charge < -0.3 is 0 Å². The third-order valence-corrected chi connectivity index (χ3v) is 3.32. The summed E-state index contributed by atoms with van der Waals surface area (Å²) in [5, 5.41) is 0. The number of fused-ring (bicyclic) bond motifs is 1. The summed E-state index contributed by atoms with van der Waals surface area (Å²) in [4.78, 5) is 11.4. The molecule has 0 amide bonds. The van der Waals surface area contributed by atoms with Crippen LogP contribution in [0, 0.1) is 11.8 Å². The second kappa shape index (κ2) is 2.96. The standard InChI is InChI=1S/C10H16O/c11-10-7-3-5-8-4-1-2-6-9(8)10/h8-9H,1-7H2/i10+1. The molecule has 2 rings (SSSR count). The van der Waals surface area contributed by atoms with Gasteiger partial charge in [0.05, 0.1) is 0 Å². The van der Waals surface area contributed by atoms with E-state index in [0.717, 1.165) is 12.3 Å². The Morgan fingerprint density at radius 2 is 1.73 bits per heavy atom. The first kappa shape index (κ1) is 7.33. The second-order valence-electron chi connectivity index (χ2n) is 4.01. The SMILES string of the molecule is O=[13C]1CCCC2CCCCC21. The van der Waals surface area contributed by atoms with E-state index in [1.807, 2.05) is 0 Å². The molecule has 0 aromatic rings. The van der Waals surface area contributed by atoms with Gasteiger partial charge in [0.2, 0.25) is 0 Å². The van der Waals surface area contributed by atoms with Gasteiger partial charge in [-0.25, -0.2) is 0 Å². The number of rotatable bonds is 0. The lowest BCUT2D eigenvalue weighted by Crippen LogP contribution is -2.30. The van der Waals surface area contributed by atoms with Crippen molar-refractivity contribution in [2.45, 2.75) is 44.9 Å². The number of hydrogen-bond donors (Lipinski definition) is 0. The molecule has 0 saturated heterocycles. The van der Waals surface area contributed by atoms with E-state index in [2.05, 4.69) is 0 Å². The molecule has 0 spiro atoms. The topological polar surface area (TPSA) is 17.1 Å². The Hall–Kier alpha value is -0.330. The Morgan fingerprint density at radius 1 is 1.00 bits per heavy atom. The van der Waals surface area contributed by atoms with Gasteiger partial charge in [0.15, 0.2) is 0 Å². The van der Waals surface area contributed by atoms with Crippen molar-refractivity contribution < 1.29 is 4.79 Å². The normalized spacial score (nSPS) is 38.4. The van der Waals surface area contributed by atoms with Crippen LogP contribution in [0.5, 0.6) is 0 Å². The molecule has 0 bridgehead atoms. The highest BCUT2D eigenvalue weighted by Crippen LogP contribution is 2.38. The van der Waals surface area contributed by atoms with Gasteiger partial charge in [-0.1, -0.05) is 12.8 Å². The van der Waals surface area contributed by atoms with E-state index >= 15 is 0 Å². The van der Waals surface area contributed by atoms with Crippen LogP contribution in [0.1, 0.15) is 44.9 Å². The molecule has 0 aliphatic heterocycles. The molecular formula is C10H16O. The van der Waals surface area contributed by atoms with Crippen LogP contribution in [-0.2, 0) is 4.79 Å². The maximum Gasteiger partial charge on any atom is 0.136 e. The van der Waals surface area contributed by atoms with E-state index in [1.165, 1.54) is 38.5 Å². The molecule has 2 saturated carbocycles. The summed E-state index contributed by atoms with van der Waals surface area (Å²) in [6, 6.07) is 0. The van der Waals surface area contributed by atoms with Crippen LogP contribution in [-0.4, -0.2) is 5.78 Å². The zero-order valence-corrected chi connectivity index (χ0v) is 7.01. The molecular weight excluding hydrogens is 137 g/mol. The summed E-state index contributed by atoms with van der Waals surface area (Å²) in [5.74, 6) is 1.84. The minimum Gasteiger partial charge on any atom is -0.299 e. The van der Waals surface area contributed by atoms with E-state index in [4.69, 9.17) is 0 Å². The Balaban J connectivity index is 2.05. The number of Topliss-reactive ketones (excluding diaryl/α,β-unsaturated/α-hetero) is 1. The summed E-state index contributed by atoms with van der Waals surface area (Å²) in [7, 11) is 0. The molecule has 2 fully saturated rings. The summed E-state index contributed by atoms with van der Waals surface area (Å²) >= 11 is 0. The van der Waals surface area contributed by atoms with E-state index < -0.39 is 0 Å². The van der Waals surface area contributed by atoms with Crippen molar-refractivity contribution in [3.05, 3.63) is 0 Å². The van der Waals surface area contributed by atoms with Crippen molar-refractivity contribution in [2.75, 3.05) is 0 Å². The van der Waals surface area contributed by atoms with E-state index in [1.54, 1.807) is 0 Å². The van der Waals surface area contributed by atoms with Crippen LogP contribution in [0.15, 0.2) is 0 Å². The Kier molecular flexibility index (Phi) is 1.97. The van der Waals surface area contributed by atoms with Crippen LogP contribution in [0.4, 0.5) is 0 Å². The maximum absolute atomic E-state index is 11.4. The average molecular weight is 153 g/mol. The van der Waals surface area contributed by atoms with Crippen LogP contribution in [0.2, 0.25) is 0 Å². The first-order chi connectivity index (χ1) is 5.38. The summed E-state index contributed by atoms with van der Waals surface area (Å²) in [6.07, 6.45) is 8.57. The minimum atomic E-state index is 0.484. The van der Waals surface area contributed by atoms with Crippen molar-refractivity contribution in [2.24, 2.45) is 11.8 Å². The fourth-order valence-electron chi connectivity index (χ4n) is 2.70. The van der Waals surface area contributed by atoms with E-state index in [9.17, 15) is 4.79 Å². The molecule has 0 heterocycles. The summed E-state index contributed by atoms with van der Waals surface area (Å²) in [6.45, 7) is 0. The monoisotopic (exact) mass is 153 g/mol. The molecule has 1 heteroatoms. The lowest BCUT2D eigenvalue weighted by molar-refractivity contribution is -0.127. The summed E-state index contributed by atoms with van der Waals surface area (Å²) < 4.78 is 0. The molecule has 62 valence electrons. The van der Waals surface area contributed by atoms with Crippen LogP contribution in [0.3, 0.4) is 0 Å². The highest BCUT2D eigenvalue weighted by atomic mass is 16.2. The van der Waals surface area contributed by atoms with Crippen molar-refractivity contribution in [1.29, 1.82) is 0 Å². The van der Waals surface area contributed by atoms with Crippen molar-refractivity contribution in [3.8, 4) is 0 Å². The highest BCUT2D eigenvalue weighted by Gasteiger charge is 2.32. The van der Waals surface area contributed by atoms with Gasteiger partial charge in [0.1, 0.15) is 5.78 Å². The van der Waals surface area contributed by atoms with Crippen LogP contribution >= 0.6 is 0 Å². The zero-order valence-electron chi connectivity index (χ0n) is 7.01. The number of carbonyl (C=O) groups excluding carboxylic acids is 1. The van der Waals surface area contributed by atoms with Gasteiger partial charge >= 0.3 is 0 Å². The van der Waals surface area contributed by atoms with E-state index in [-0.39, 0.29) is 0 Å². The predicted octanol–water partition coefficient (Wildman–Crippen LogP) is 2.55. The molecule has 0 aromatic heterocycles. The number of hydrogen-bond acceptors (Lipinski definition) is 1. The smallest absolute Gasteiger partial charge is 0.136 e. The molecule has 2 unspecified atom stereocenters. The number of ketones is 1. The summed E-state index contributed by atoms with van der Waals surface area (Å²) in [5.41, 5.74) is 0. The predicted molar refractivity (Wildman–Crippen MR) is 44.3 cm³/mol. The van der Waals surface area contributed by atoms with Crippen molar-refractivity contribution in [3.63, 3.8) is 0 Å². The molecule has 1 nitrogen and oxygen atoms in total. The fraction of sp³-hybridized carbons (Fsp3) is 0.900. The Morgan fingerprint density at radius 3 is 2.55 bits per heavy atom. The van der Waals surface area contributed by atoms with Crippen molar-refractivity contribution in [1.82, 2.24) is 0 Å². The molecule has 0 N–H and O–H groups in total. The Labute approximate surface area is 68.2 Å². The van der Waals surface area contributed by atoms with Gasteiger partial charge in [-0.15, -0.1) is 0 Å².